The van der Waals surface area contributed by atoms with Crippen LogP contribution in [0.25, 0.3) is 22.2 Å². The summed E-state index contributed by atoms with van der Waals surface area (Å²) < 4.78 is 2.33. The molecule has 0 N–H and O–H groups in total. The van der Waals surface area contributed by atoms with Crippen LogP contribution >= 0.6 is 11.8 Å². The highest BCUT2D eigenvalue weighted by Gasteiger charge is 2.18. The van der Waals surface area contributed by atoms with Crippen molar-refractivity contribution >= 4 is 22.7 Å². The maximum Gasteiger partial charge on any atom is 0.0630 e. The number of aromatic nitrogens is 1. The number of rotatable bonds is 3. The third-order valence-electron chi connectivity index (χ3n) is 4.93. The molecule has 0 saturated carbocycles. The fourth-order valence-electron chi connectivity index (χ4n) is 3.52. The first-order valence-electron chi connectivity index (χ1n) is 8.94. The maximum absolute atomic E-state index is 2.33. The molecule has 2 heteroatoms. The summed E-state index contributed by atoms with van der Waals surface area (Å²) in [6, 6.07) is 24.3. The molecular formula is C24H23NS. The van der Waals surface area contributed by atoms with Gasteiger partial charge in [-0.2, -0.15) is 0 Å². The lowest BCUT2D eigenvalue weighted by atomic mass is 10.1. The van der Waals surface area contributed by atoms with Crippen LogP contribution < -0.4 is 0 Å². The molecular weight excluding hydrogens is 334 g/mol. The molecule has 0 aliphatic heterocycles. The van der Waals surface area contributed by atoms with Crippen molar-refractivity contribution in [1.82, 2.24) is 4.57 Å². The number of benzene rings is 3. The van der Waals surface area contributed by atoms with E-state index >= 15 is 0 Å². The molecule has 0 saturated heterocycles. The van der Waals surface area contributed by atoms with Crippen molar-refractivity contribution in [2.45, 2.75) is 30.6 Å². The molecule has 1 aromatic heterocycles. The van der Waals surface area contributed by atoms with Crippen molar-refractivity contribution in [2.75, 3.05) is 0 Å². The van der Waals surface area contributed by atoms with Gasteiger partial charge >= 0.3 is 0 Å². The zero-order valence-corrected chi connectivity index (χ0v) is 16.5. The summed E-state index contributed by atoms with van der Waals surface area (Å²) in [6.07, 6.45) is 0. The maximum atomic E-state index is 2.33. The van der Waals surface area contributed by atoms with Crippen LogP contribution in [0, 0.1) is 20.8 Å². The van der Waals surface area contributed by atoms with E-state index in [1.165, 1.54) is 48.6 Å². The Morgan fingerprint density at radius 3 is 2.19 bits per heavy atom. The predicted octanol–water partition coefficient (Wildman–Crippen LogP) is 6.92. The molecule has 4 aromatic rings. The molecule has 0 amide bonds. The van der Waals surface area contributed by atoms with Crippen molar-refractivity contribution in [3.05, 3.63) is 83.4 Å². The zero-order valence-electron chi connectivity index (χ0n) is 15.7. The molecule has 4 rings (SSSR count). The second kappa shape index (κ2) is 6.69. The number of aryl methyl sites for hydroxylation is 4. The number of fused-ring (bicyclic) bond motifs is 1. The average Bonchev–Trinajstić information content (AvgIpc) is 2.91. The van der Waals surface area contributed by atoms with E-state index in [0.717, 1.165) is 0 Å². The van der Waals surface area contributed by atoms with Crippen LogP contribution in [0.2, 0.25) is 0 Å². The van der Waals surface area contributed by atoms with Crippen molar-refractivity contribution in [3.8, 4) is 11.3 Å². The number of hydrogen-bond donors (Lipinski definition) is 0. The standard InChI is InChI=1S/C24H23NS/c1-16-9-12-19(13-10-16)23-24(20-7-5-6-8-21(20)25(23)4)26-22-14-11-17(2)15-18(22)3/h5-15H,1-4H3. The molecule has 0 bridgehead atoms. The molecule has 0 unspecified atom stereocenters. The van der Waals surface area contributed by atoms with Crippen molar-refractivity contribution < 1.29 is 0 Å². The van der Waals surface area contributed by atoms with Gasteiger partial charge in [0.25, 0.3) is 0 Å². The van der Waals surface area contributed by atoms with E-state index in [9.17, 15) is 0 Å². The summed E-state index contributed by atoms with van der Waals surface area (Å²) in [6.45, 7) is 6.49. The Hall–Kier alpha value is -2.45. The van der Waals surface area contributed by atoms with Crippen LogP contribution in [0.15, 0.2) is 76.5 Å². The predicted molar refractivity (Wildman–Crippen MR) is 113 cm³/mol. The molecule has 0 atom stereocenters. The molecule has 26 heavy (non-hydrogen) atoms. The highest BCUT2D eigenvalue weighted by molar-refractivity contribution is 7.99. The van der Waals surface area contributed by atoms with Crippen LogP contribution in [-0.4, -0.2) is 4.57 Å². The van der Waals surface area contributed by atoms with Gasteiger partial charge in [-0.3, -0.25) is 0 Å². The second-order valence-electron chi connectivity index (χ2n) is 6.99. The van der Waals surface area contributed by atoms with Crippen LogP contribution in [0.3, 0.4) is 0 Å². The van der Waals surface area contributed by atoms with Gasteiger partial charge in [-0.1, -0.05) is 77.5 Å². The normalized spacial score (nSPS) is 11.2. The smallest absolute Gasteiger partial charge is 0.0630 e. The van der Waals surface area contributed by atoms with Gasteiger partial charge in [-0.15, -0.1) is 0 Å². The minimum absolute atomic E-state index is 1.27. The van der Waals surface area contributed by atoms with E-state index < -0.39 is 0 Å². The van der Waals surface area contributed by atoms with Crippen molar-refractivity contribution in [3.63, 3.8) is 0 Å². The Bertz CT molecular complexity index is 1090. The summed E-state index contributed by atoms with van der Waals surface area (Å²) in [4.78, 5) is 2.65. The summed E-state index contributed by atoms with van der Waals surface area (Å²) in [5.41, 5.74) is 7.76. The molecule has 1 heterocycles. The van der Waals surface area contributed by atoms with Crippen molar-refractivity contribution in [1.29, 1.82) is 0 Å². The molecule has 1 nitrogen and oxygen atoms in total. The molecule has 0 fully saturated rings. The summed E-state index contributed by atoms with van der Waals surface area (Å²) in [7, 11) is 2.17. The Balaban J connectivity index is 1.94. The van der Waals surface area contributed by atoms with E-state index in [-0.39, 0.29) is 0 Å². The summed E-state index contributed by atoms with van der Waals surface area (Å²) in [5, 5.41) is 1.32. The fourth-order valence-corrected chi connectivity index (χ4v) is 4.73. The van der Waals surface area contributed by atoms with Gasteiger partial charge in [0, 0.05) is 27.7 Å². The second-order valence-corrected chi connectivity index (χ2v) is 8.04. The third-order valence-corrected chi connectivity index (χ3v) is 6.22. The molecule has 0 spiro atoms. The first-order chi connectivity index (χ1) is 12.5. The quantitative estimate of drug-likeness (QED) is 0.385. The van der Waals surface area contributed by atoms with Gasteiger partial charge in [0.1, 0.15) is 0 Å². The van der Waals surface area contributed by atoms with E-state index in [0.29, 0.717) is 0 Å². The van der Waals surface area contributed by atoms with Crippen LogP contribution in [0.4, 0.5) is 0 Å². The lowest BCUT2D eigenvalue weighted by Crippen LogP contribution is -1.92. The number of hydrogen-bond acceptors (Lipinski definition) is 1. The fraction of sp³-hybridized carbons (Fsp3) is 0.167. The Labute approximate surface area is 159 Å². The van der Waals surface area contributed by atoms with Gasteiger partial charge in [0.2, 0.25) is 0 Å². The van der Waals surface area contributed by atoms with E-state index in [4.69, 9.17) is 0 Å². The van der Waals surface area contributed by atoms with Gasteiger partial charge in [-0.05, 0) is 44.0 Å². The van der Waals surface area contributed by atoms with E-state index in [1.54, 1.807) is 0 Å². The molecule has 130 valence electrons. The van der Waals surface area contributed by atoms with E-state index in [2.05, 4.69) is 99.1 Å². The first kappa shape index (κ1) is 17.0. The van der Waals surface area contributed by atoms with Gasteiger partial charge in [-0.25, -0.2) is 0 Å². The number of nitrogens with zero attached hydrogens (tertiary/aromatic N) is 1. The van der Waals surface area contributed by atoms with Crippen LogP contribution in [0.5, 0.6) is 0 Å². The largest absolute Gasteiger partial charge is 0.343 e. The van der Waals surface area contributed by atoms with Gasteiger partial charge in [0.05, 0.1) is 5.69 Å². The third kappa shape index (κ3) is 2.95. The Morgan fingerprint density at radius 2 is 1.46 bits per heavy atom. The SMILES string of the molecule is Cc1ccc(-c2c(Sc3ccc(C)cc3C)c3ccccc3n2C)cc1. The lowest BCUT2D eigenvalue weighted by Gasteiger charge is -2.11. The lowest BCUT2D eigenvalue weighted by molar-refractivity contribution is 0.968. The molecule has 3 aromatic carbocycles. The van der Waals surface area contributed by atoms with Gasteiger partial charge < -0.3 is 4.57 Å². The highest BCUT2D eigenvalue weighted by Crippen LogP contribution is 2.43. The van der Waals surface area contributed by atoms with Crippen LogP contribution in [0.1, 0.15) is 16.7 Å². The van der Waals surface area contributed by atoms with E-state index in [1.807, 2.05) is 11.8 Å². The topological polar surface area (TPSA) is 4.93 Å². The highest BCUT2D eigenvalue weighted by atomic mass is 32.2. The van der Waals surface area contributed by atoms with Crippen LogP contribution in [-0.2, 0) is 7.05 Å². The van der Waals surface area contributed by atoms with Crippen molar-refractivity contribution in [2.24, 2.45) is 7.05 Å². The average molecular weight is 358 g/mol. The molecule has 0 aliphatic rings. The first-order valence-corrected chi connectivity index (χ1v) is 9.76. The zero-order chi connectivity index (χ0) is 18.3. The monoisotopic (exact) mass is 357 g/mol. The Kier molecular flexibility index (Phi) is 4.37. The summed E-state index contributed by atoms with van der Waals surface area (Å²) >= 11 is 1.88. The molecule has 0 aliphatic carbocycles. The Morgan fingerprint density at radius 1 is 0.769 bits per heavy atom. The number of para-hydroxylation sites is 1. The minimum atomic E-state index is 1.27. The molecule has 0 radical (unpaired) electrons. The van der Waals surface area contributed by atoms with Gasteiger partial charge in [0.15, 0.2) is 0 Å². The minimum Gasteiger partial charge on any atom is -0.343 e. The summed E-state index contributed by atoms with van der Waals surface area (Å²) in [5.74, 6) is 0.